The molecule has 3 fully saturated rings. The van der Waals surface area contributed by atoms with Crippen LogP contribution in [0.4, 0.5) is 0 Å². The maximum Gasteiger partial charge on any atom is 0.225 e. The highest BCUT2D eigenvalue weighted by Gasteiger charge is 2.47. The summed E-state index contributed by atoms with van der Waals surface area (Å²) in [6.45, 7) is 1.84. The summed E-state index contributed by atoms with van der Waals surface area (Å²) in [5.41, 5.74) is 1.46. The van der Waals surface area contributed by atoms with Gasteiger partial charge in [-0.25, -0.2) is 0 Å². The standard InChI is InChI=1S/C20H27NO2/c22-18-9-2-7-16(13-18)20-10-3-8-17(20)14-21(12-4-11-20)19(23)15-5-1-6-15/h2,7,9,13,15,17,22H,1,3-6,8,10-12,14H2. The lowest BCUT2D eigenvalue weighted by Crippen LogP contribution is -2.42. The Bertz CT molecular complexity index is 595. The van der Waals surface area contributed by atoms with Crippen LogP contribution >= 0.6 is 0 Å². The smallest absolute Gasteiger partial charge is 0.225 e. The number of rotatable bonds is 2. The van der Waals surface area contributed by atoms with Crippen LogP contribution in [0.15, 0.2) is 24.3 Å². The molecule has 124 valence electrons. The molecular formula is C20H27NO2. The zero-order valence-electron chi connectivity index (χ0n) is 13.8. The zero-order chi connectivity index (χ0) is 15.9. The molecule has 4 rings (SSSR count). The summed E-state index contributed by atoms with van der Waals surface area (Å²) in [5.74, 6) is 1.64. The summed E-state index contributed by atoms with van der Waals surface area (Å²) >= 11 is 0. The number of hydrogen-bond acceptors (Lipinski definition) is 2. The van der Waals surface area contributed by atoms with Crippen molar-refractivity contribution in [2.75, 3.05) is 13.1 Å². The number of phenols is 1. The summed E-state index contributed by atoms with van der Waals surface area (Å²) in [7, 11) is 0. The van der Waals surface area contributed by atoms with Gasteiger partial charge in [-0.1, -0.05) is 25.0 Å². The van der Waals surface area contributed by atoms with E-state index in [1.807, 2.05) is 12.1 Å². The molecule has 0 radical (unpaired) electrons. The van der Waals surface area contributed by atoms with E-state index >= 15 is 0 Å². The van der Waals surface area contributed by atoms with E-state index in [1.54, 1.807) is 6.07 Å². The molecule has 1 aliphatic heterocycles. The first kappa shape index (κ1) is 15.0. The van der Waals surface area contributed by atoms with Crippen LogP contribution in [0, 0.1) is 11.8 Å². The van der Waals surface area contributed by atoms with Crippen LogP contribution in [0.25, 0.3) is 0 Å². The van der Waals surface area contributed by atoms with Crippen molar-refractivity contribution in [3.8, 4) is 5.75 Å². The number of likely N-dealkylation sites (tertiary alicyclic amines) is 1. The lowest BCUT2D eigenvalue weighted by atomic mass is 9.69. The van der Waals surface area contributed by atoms with Crippen LogP contribution in [-0.4, -0.2) is 29.0 Å². The average Bonchev–Trinajstić information content (AvgIpc) is 2.79. The first-order valence-electron chi connectivity index (χ1n) is 9.27. The van der Waals surface area contributed by atoms with Crippen LogP contribution in [0.1, 0.15) is 56.9 Å². The molecule has 2 aliphatic carbocycles. The predicted molar refractivity (Wildman–Crippen MR) is 90.3 cm³/mol. The van der Waals surface area contributed by atoms with Crippen molar-refractivity contribution >= 4 is 5.91 Å². The monoisotopic (exact) mass is 313 g/mol. The van der Waals surface area contributed by atoms with Gasteiger partial charge in [-0.15, -0.1) is 0 Å². The van der Waals surface area contributed by atoms with Crippen molar-refractivity contribution in [3.63, 3.8) is 0 Å². The average molecular weight is 313 g/mol. The molecule has 3 nitrogen and oxygen atoms in total. The van der Waals surface area contributed by atoms with E-state index in [1.165, 1.54) is 31.2 Å². The maximum absolute atomic E-state index is 12.7. The predicted octanol–water partition coefficient (Wildman–Crippen LogP) is 3.85. The Hall–Kier alpha value is -1.51. The molecule has 1 saturated heterocycles. The molecule has 0 bridgehead atoms. The van der Waals surface area contributed by atoms with E-state index in [4.69, 9.17) is 0 Å². The largest absolute Gasteiger partial charge is 0.508 e. The van der Waals surface area contributed by atoms with Gasteiger partial charge in [0.2, 0.25) is 5.91 Å². The molecule has 1 aromatic rings. The summed E-state index contributed by atoms with van der Waals surface area (Å²) in [6.07, 6.45) is 9.30. The fourth-order valence-corrected chi connectivity index (χ4v) is 5.14. The Labute approximate surface area is 138 Å². The van der Waals surface area contributed by atoms with Gasteiger partial charge in [-0.3, -0.25) is 4.79 Å². The highest BCUT2D eigenvalue weighted by atomic mass is 16.3. The number of hydrogen-bond donors (Lipinski definition) is 1. The number of phenolic OH excluding ortho intramolecular Hbond substituents is 1. The van der Waals surface area contributed by atoms with Crippen molar-refractivity contribution in [2.45, 2.75) is 56.8 Å². The molecule has 2 saturated carbocycles. The molecule has 3 aliphatic rings. The molecule has 3 heteroatoms. The summed E-state index contributed by atoms with van der Waals surface area (Å²) in [6, 6.07) is 7.87. The van der Waals surface area contributed by atoms with Gasteiger partial charge < -0.3 is 10.0 Å². The van der Waals surface area contributed by atoms with Gasteiger partial charge in [0.1, 0.15) is 5.75 Å². The molecule has 1 amide bonds. The highest BCUT2D eigenvalue weighted by molar-refractivity contribution is 5.79. The van der Waals surface area contributed by atoms with Crippen molar-refractivity contribution in [3.05, 3.63) is 29.8 Å². The Morgan fingerprint density at radius 1 is 1.13 bits per heavy atom. The first-order valence-corrected chi connectivity index (χ1v) is 9.27. The second-order valence-electron chi connectivity index (χ2n) is 7.81. The van der Waals surface area contributed by atoms with Crippen LogP contribution in [0.3, 0.4) is 0 Å². The minimum absolute atomic E-state index is 0.174. The van der Waals surface area contributed by atoms with Crippen LogP contribution < -0.4 is 0 Å². The quantitative estimate of drug-likeness (QED) is 0.901. The third kappa shape index (κ3) is 2.54. The van der Waals surface area contributed by atoms with Gasteiger partial charge in [0.15, 0.2) is 0 Å². The fraction of sp³-hybridized carbons (Fsp3) is 0.650. The number of fused-ring (bicyclic) bond motifs is 1. The van der Waals surface area contributed by atoms with E-state index in [-0.39, 0.29) is 5.41 Å². The van der Waals surface area contributed by atoms with E-state index in [2.05, 4.69) is 11.0 Å². The number of amides is 1. The Balaban J connectivity index is 1.60. The van der Waals surface area contributed by atoms with Crippen LogP contribution in [-0.2, 0) is 10.2 Å². The highest BCUT2D eigenvalue weighted by Crippen LogP contribution is 2.51. The minimum Gasteiger partial charge on any atom is -0.508 e. The first-order chi connectivity index (χ1) is 11.2. The molecular weight excluding hydrogens is 286 g/mol. The Morgan fingerprint density at radius 2 is 1.96 bits per heavy atom. The zero-order valence-corrected chi connectivity index (χ0v) is 13.8. The third-order valence-electron chi connectivity index (χ3n) is 6.64. The minimum atomic E-state index is 0.174. The van der Waals surface area contributed by atoms with Gasteiger partial charge in [0, 0.05) is 24.4 Å². The number of carbonyl (C=O) groups is 1. The van der Waals surface area contributed by atoms with Gasteiger partial charge in [0.25, 0.3) is 0 Å². The normalized spacial score (nSPS) is 31.3. The molecule has 0 aromatic heterocycles. The van der Waals surface area contributed by atoms with Gasteiger partial charge in [-0.05, 0) is 62.1 Å². The van der Waals surface area contributed by atoms with E-state index in [0.717, 1.165) is 38.8 Å². The van der Waals surface area contributed by atoms with Gasteiger partial charge >= 0.3 is 0 Å². The second-order valence-corrected chi connectivity index (χ2v) is 7.81. The lowest BCUT2D eigenvalue weighted by molar-refractivity contribution is -0.138. The number of aromatic hydroxyl groups is 1. The molecule has 0 spiro atoms. The lowest BCUT2D eigenvalue weighted by Gasteiger charge is -2.37. The van der Waals surface area contributed by atoms with Crippen molar-refractivity contribution in [1.82, 2.24) is 4.90 Å². The summed E-state index contributed by atoms with van der Waals surface area (Å²) in [4.78, 5) is 14.9. The van der Waals surface area contributed by atoms with E-state index in [0.29, 0.717) is 23.5 Å². The van der Waals surface area contributed by atoms with Crippen LogP contribution in [0.5, 0.6) is 5.75 Å². The van der Waals surface area contributed by atoms with Gasteiger partial charge in [-0.2, -0.15) is 0 Å². The molecule has 2 unspecified atom stereocenters. The van der Waals surface area contributed by atoms with Crippen molar-refractivity contribution in [1.29, 1.82) is 0 Å². The molecule has 1 N–H and O–H groups in total. The second kappa shape index (κ2) is 5.85. The number of nitrogens with zero attached hydrogens (tertiary/aromatic N) is 1. The maximum atomic E-state index is 12.7. The molecule has 1 heterocycles. The van der Waals surface area contributed by atoms with Gasteiger partial charge in [0.05, 0.1) is 0 Å². The SMILES string of the molecule is O=C(C1CCC1)N1CCCC2(c3cccc(O)c3)CCCC2C1. The Morgan fingerprint density at radius 3 is 2.70 bits per heavy atom. The van der Waals surface area contributed by atoms with Crippen molar-refractivity contribution in [2.24, 2.45) is 11.8 Å². The molecule has 2 atom stereocenters. The Kier molecular flexibility index (Phi) is 3.82. The fourth-order valence-electron chi connectivity index (χ4n) is 5.14. The molecule has 23 heavy (non-hydrogen) atoms. The van der Waals surface area contributed by atoms with E-state index in [9.17, 15) is 9.90 Å². The summed E-state index contributed by atoms with van der Waals surface area (Å²) in [5, 5.41) is 9.92. The molecule has 1 aromatic carbocycles. The number of benzene rings is 1. The topological polar surface area (TPSA) is 40.5 Å². The van der Waals surface area contributed by atoms with Crippen molar-refractivity contribution < 1.29 is 9.90 Å². The van der Waals surface area contributed by atoms with E-state index < -0.39 is 0 Å². The summed E-state index contributed by atoms with van der Waals surface area (Å²) < 4.78 is 0. The third-order valence-corrected chi connectivity index (χ3v) is 6.64. The number of carbonyl (C=O) groups excluding carboxylic acids is 1. The van der Waals surface area contributed by atoms with Crippen LogP contribution in [0.2, 0.25) is 0 Å².